The third-order valence-electron chi connectivity index (χ3n) is 4.25. The number of ether oxygens (including phenoxy) is 1. The Balaban J connectivity index is 1.37. The molecule has 2 fully saturated rings. The van der Waals surface area contributed by atoms with Crippen molar-refractivity contribution in [3.8, 4) is 0 Å². The molecule has 0 N–H and O–H groups in total. The molecule has 1 unspecified atom stereocenters. The average Bonchev–Trinajstić information content (AvgIpc) is 3.26. The van der Waals surface area contributed by atoms with Gasteiger partial charge in [-0.25, -0.2) is 0 Å². The van der Waals surface area contributed by atoms with E-state index < -0.39 is 0 Å². The van der Waals surface area contributed by atoms with Crippen LogP contribution in [0.1, 0.15) is 17.7 Å². The van der Waals surface area contributed by atoms with Crippen LogP contribution in [0.2, 0.25) is 4.34 Å². The van der Waals surface area contributed by atoms with Crippen LogP contribution in [-0.4, -0.2) is 66.3 Å². The lowest BCUT2D eigenvalue weighted by Crippen LogP contribution is -2.53. The summed E-state index contributed by atoms with van der Waals surface area (Å²) < 4.78 is 6.24. The average molecular weight is 389 g/mol. The number of amides is 2. The summed E-state index contributed by atoms with van der Waals surface area (Å²) in [5.41, 5.74) is 0. The van der Waals surface area contributed by atoms with Crippen LogP contribution >= 0.6 is 34.7 Å². The van der Waals surface area contributed by atoms with E-state index in [4.69, 9.17) is 16.3 Å². The monoisotopic (exact) mass is 388 g/mol. The predicted molar refractivity (Wildman–Crippen MR) is 97.6 cm³/mol. The second kappa shape index (κ2) is 8.56. The Hall–Kier alpha value is -0.760. The molecule has 24 heavy (non-hydrogen) atoms. The Morgan fingerprint density at radius 1 is 1.25 bits per heavy atom. The van der Waals surface area contributed by atoms with Gasteiger partial charge >= 0.3 is 0 Å². The zero-order valence-electron chi connectivity index (χ0n) is 13.4. The van der Waals surface area contributed by atoms with Crippen LogP contribution in [0.5, 0.6) is 0 Å². The summed E-state index contributed by atoms with van der Waals surface area (Å²) in [7, 11) is 0. The van der Waals surface area contributed by atoms with Gasteiger partial charge in [0.25, 0.3) is 5.91 Å². The Morgan fingerprint density at radius 3 is 2.62 bits per heavy atom. The Morgan fingerprint density at radius 2 is 2.00 bits per heavy atom. The van der Waals surface area contributed by atoms with Gasteiger partial charge < -0.3 is 14.5 Å². The van der Waals surface area contributed by atoms with Gasteiger partial charge in [0.15, 0.2) is 0 Å². The van der Waals surface area contributed by atoms with Crippen molar-refractivity contribution in [1.82, 2.24) is 9.80 Å². The molecule has 0 saturated carbocycles. The van der Waals surface area contributed by atoms with Crippen LogP contribution < -0.4 is 0 Å². The van der Waals surface area contributed by atoms with Gasteiger partial charge in [-0.05, 0) is 25.0 Å². The molecule has 132 valence electrons. The van der Waals surface area contributed by atoms with E-state index in [1.54, 1.807) is 23.1 Å². The second-order valence-corrected chi connectivity index (χ2v) is 8.69. The lowest BCUT2D eigenvalue weighted by molar-refractivity contribution is -0.145. The van der Waals surface area contributed by atoms with E-state index in [9.17, 15) is 9.59 Å². The first-order valence-corrected chi connectivity index (χ1v) is 10.5. The van der Waals surface area contributed by atoms with Crippen LogP contribution in [0.4, 0.5) is 0 Å². The highest BCUT2D eigenvalue weighted by atomic mass is 35.5. The van der Waals surface area contributed by atoms with Crippen molar-refractivity contribution in [2.45, 2.75) is 24.7 Å². The molecule has 8 heteroatoms. The van der Waals surface area contributed by atoms with Crippen molar-refractivity contribution in [1.29, 1.82) is 0 Å². The first-order valence-electron chi connectivity index (χ1n) is 8.13. The first-order chi connectivity index (χ1) is 11.6. The third-order valence-corrected chi connectivity index (χ3v) is 6.63. The van der Waals surface area contributed by atoms with Crippen molar-refractivity contribution in [3.63, 3.8) is 0 Å². The van der Waals surface area contributed by atoms with Crippen LogP contribution in [0.15, 0.2) is 12.1 Å². The van der Waals surface area contributed by atoms with Gasteiger partial charge in [-0.15, -0.1) is 23.1 Å². The summed E-state index contributed by atoms with van der Waals surface area (Å²) in [6, 6.07) is 3.88. The minimum absolute atomic E-state index is 0.0866. The van der Waals surface area contributed by atoms with E-state index in [2.05, 4.69) is 0 Å². The van der Waals surface area contributed by atoms with Crippen molar-refractivity contribution in [2.75, 3.05) is 38.5 Å². The number of halogens is 1. The van der Waals surface area contributed by atoms with Crippen molar-refractivity contribution >= 4 is 46.5 Å². The normalized spacial score (nSPS) is 21.3. The smallest absolute Gasteiger partial charge is 0.251 e. The predicted octanol–water partition coefficient (Wildman–Crippen LogP) is 2.48. The van der Waals surface area contributed by atoms with Gasteiger partial charge in [-0.1, -0.05) is 11.6 Å². The Kier molecular flexibility index (Phi) is 6.43. The Bertz CT molecular complexity index is 582. The zero-order valence-corrected chi connectivity index (χ0v) is 15.8. The molecule has 2 amide bonds. The third kappa shape index (κ3) is 4.65. The molecule has 1 aromatic rings. The summed E-state index contributed by atoms with van der Waals surface area (Å²) in [6.07, 6.45) is 1.52. The highest BCUT2D eigenvalue weighted by Gasteiger charge is 2.31. The van der Waals surface area contributed by atoms with E-state index >= 15 is 0 Å². The molecule has 5 nitrogen and oxygen atoms in total. The van der Waals surface area contributed by atoms with E-state index in [-0.39, 0.29) is 17.9 Å². The van der Waals surface area contributed by atoms with Crippen molar-refractivity contribution in [3.05, 3.63) is 21.3 Å². The van der Waals surface area contributed by atoms with Crippen LogP contribution in [-0.2, 0) is 20.1 Å². The number of carbonyl (C=O) groups excluding carboxylic acids is 2. The number of thioether (sulfide) groups is 1. The summed E-state index contributed by atoms with van der Waals surface area (Å²) in [4.78, 5) is 29.4. The Labute approximate surface area is 155 Å². The molecule has 0 aromatic carbocycles. The van der Waals surface area contributed by atoms with Gasteiger partial charge in [0, 0.05) is 43.4 Å². The first kappa shape index (κ1) is 18.0. The number of thiophene rings is 1. The van der Waals surface area contributed by atoms with Crippen LogP contribution in [0.25, 0.3) is 0 Å². The standard InChI is InChI=1S/C16H21ClN2O3S2/c17-14-4-3-12(24-14)10-23-11-15(20)18-5-7-19(8-6-18)16(21)13-2-1-9-22-13/h3-4,13H,1-2,5-11H2. The molecule has 0 radical (unpaired) electrons. The molecule has 1 atom stereocenters. The lowest BCUT2D eigenvalue weighted by atomic mass is 10.2. The highest BCUT2D eigenvalue weighted by molar-refractivity contribution is 7.99. The highest BCUT2D eigenvalue weighted by Crippen LogP contribution is 2.25. The number of piperazine rings is 1. The fourth-order valence-corrected chi connectivity index (χ4v) is 5.04. The molecule has 1 aromatic heterocycles. The molecule has 0 bridgehead atoms. The maximum absolute atomic E-state index is 12.3. The van der Waals surface area contributed by atoms with Gasteiger partial charge in [0.2, 0.25) is 5.91 Å². The summed E-state index contributed by atoms with van der Waals surface area (Å²) in [5, 5.41) is 0. The minimum atomic E-state index is -0.263. The van der Waals surface area contributed by atoms with E-state index in [1.807, 2.05) is 21.9 Å². The van der Waals surface area contributed by atoms with E-state index in [0.29, 0.717) is 38.5 Å². The second-order valence-electron chi connectivity index (χ2n) is 5.91. The van der Waals surface area contributed by atoms with Gasteiger partial charge in [-0.2, -0.15) is 0 Å². The van der Waals surface area contributed by atoms with Crippen LogP contribution in [0.3, 0.4) is 0 Å². The number of nitrogens with zero attached hydrogens (tertiary/aromatic N) is 2. The number of hydrogen-bond donors (Lipinski definition) is 0. The number of hydrogen-bond acceptors (Lipinski definition) is 5. The quantitative estimate of drug-likeness (QED) is 0.777. The van der Waals surface area contributed by atoms with Gasteiger partial charge in [0.05, 0.1) is 10.1 Å². The largest absolute Gasteiger partial charge is 0.368 e. The summed E-state index contributed by atoms with van der Waals surface area (Å²) in [6.45, 7) is 3.12. The summed E-state index contributed by atoms with van der Waals surface area (Å²) >= 11 is 9.07. The molecule has 0 aliphatic carbocycles. The van der Waals surface area contributed by atoms with Crippen molar-refractivity contribution in [2.24, 2.45) is 0 Å². The molecule has 2 aliphatic rings. The molecular weight excluding hydrogens is 368 g/mol. The van der Waals surface area contributed by atoms with Crippen LogP contribution in [0, 0.1) is 0 Å². The molecule has 0 spiro atoms. The van der Waals surface area contributed by atoms with E-state index in [0.717, 1.165) is 22.9 Å². The fourth-order valence-electron chi connectivity index (χ4n) is 2.91. The molecule has 3 heterocycles. The number of carbonyl (C=O) groups is 2. The topological polar surface area (TPSA) is 49.9 Å². The lowest BCUT2D eigenvalue weighted by Gasteiger charge is -2.35. The SMILES string of the molecule is O=C(CSCc1ccc(Cl)s1)N1CCN(C(=O)C2CCCO2)CC1. The maximum atomic E-state index is 12.3. The minimum Gasteiger partial charge on any atom is -0.368 e. The van der Waals surface area contributed by atoms with Crippen molar-refractivity contribution < 1.29 is 14.3 Å². The molecular formula is C16H21ClN2O3S2. The van der Waals surface area contributed by atoms with Gasteiger partial charge in [0.1, 0.15) is 6.10 Å². The van der Waals surface area contributed by atoms with Gasteiger partial charge in [-0.3, -0.25) is 9.59 Å². The van der Waals surface area contributed by atoms with E-state index in [1.165, 1.54) is 4.88 Å². The number of rotatable bonds is 5. The summed E-state index contributed by atoms with van der Waals surface area (Å²) in [5.74, 6) is 1.51. The molecule has 3 rings (SSSR count). The molecule has 2 saturated heterocycles. The maximum Gasteiger partial charge on any atom is 0.251 e. The zero-order chi connectivity index (χ0) is 16.9. The molecule has 2 aliphatic heterocycles. The fraction of sp³-hybridized carbons (Fsp3) is 0.625.